The van der Waals surface area contributed by atoms with Gasteiger partial charge in [-0.05, 0) is 60.1 Å². The maximum Gasteiger partial charge on any atom is 0.119 e. The molecule has 2 atom stereocenters. The molecule has 138 valence electrons. The van der Waals surface area contributed by atoms with Gasteiger partial charge in [-0.15, -0.1) is 0 Å². The summed E-state index contributed by atoms with van der Waals surface area (Å²) in [5.74, 6) is 1.62. The zero-order valence-electron chi connectivity index (χ0n) is 15.4. The topological polar surface area (TPSA) is 58.7 Å². The van der Waals surface area contributed by atoms with Crippen LogP contribution in [0.1, 0.15) is 54.2 Å². The molecular formula is C22H28N2O2. The molecule has 1 aliphatic heterocycles. The van der Waals surface area contributed by atoms with Crippen LogP contribution >= 0.6 is 0 Å². The molecule has 1 saturated carbocycles. The lowest BCUT2D eigenvalue weighted by Gasteiger charge is -2.32. The molecule has 4 nitrogen and oxygen atoms in total. The minimum absolute atomic E-state index is 0.0593. The second-order valence-electron chi connectivity index (χ2n) is 7.83. The van der Waals surface area contributed by atoms with Crippen LogP contribution in [0.3, 0.4) is 0 Å². The first kappa shape index (κ1) is 17.5. The first-order valence-electron chi connectivity index (χ1n) is 9.59. The smallest absolute Gasteiger partial charge is 0.119 e. The number of fused-ring (bicyclic) bond motifs is 1. The average molecular weight is 352 g/mol. The van der Waals surface area contributed by atoms with E-state index in [0.717, 1.165) is 42.5 Å². The van der Waals surface area contributed by atoms with E-state index in [1.165, 1.54) is 24.0 Å². The zero-order valence-corrected chi connectivity index (χ0v) is 15.4. The standard InChI is InChI=1S/C22H28N2O2/c1-15(23)18-6-4-16(5-7-18)11-24-12-19-8-9-20(26-14-17-2-3-17)10-21(19)22(25)13-24/h4-10,15,17,22,25H,2-3,11-14,23H2,1H3/t15-,22?/m0/s1. The Morgan fingerprint density at radius 1 is 1.19 bits per heavy atom. The van der Waals surface area contributed by atoms with E-state index < -0.39 is 6.10 Å². The van der Waals surface area contributed by atoms with Gasteiger partial charge in [0.25, 0.3) is 0 Å². The van der Waals surface area contributed by atoms with Crippen LogP contribution < -0.4 is 10.5 Å². The van der Waals surface area contributed by atoms with Gasteiger partial charge >= 0.3 is 0 Å². The molecule has 26 heavy (non-hydrogen) atoms. The van der Waals surface area contributed by atoms with Crippen molar-refractivity contribution in [2.24, 2.45) is 11.7 Å². The Morgan fingerprint density at radius 2 is 1.96 bits per heavy atom. The summed E-state index contributed by atoms with van der Waals surface area (Å²) in [7, 11) is 0. The van der Waals surface area contributed by atoms with Gasteiger partial charge in [0.1, 0.15) is 5.75 Å². The van der Waals surface area contributed by atoms with Crippen LogP contribution in [0.2, 0.25) is 0 Å². The third kappa shape index (κ3) is 4.09. The van der Waals surface area contributed by atoms with Crippen molar-refractivity contribution >= 4 is 0 Å². The van der Waals surface area contributed by atoms with Gasteiger partial charge in [-0.3, -0.25) is 4.90 Å². The number of benzene rings is 2. The van der Waals surface area contributed by atoms with Gasteiger partial charge in [0.05, 0.1) is 12.7 Å². The van der Waals surface area contributed by atoms with Crippen LogP contribution in [0.5, 0.6) is 5.75 Å². The van der Waals surface area contributed by atoms with Crippen LogP contribution in [0.15, 0.2) is 42.5 Å². The second kappa shape index (κ2) is 7.39. The molecule has 0 radical (unpaired) electrons. The fourth-order valence-corrected chi connectivity index (χ4v) is 3.57. The van der Waals surface area contributed by atoms with Crippen molar-refractivity contribution in [1.82, 2.24) is 4.90 Å². The van der Waals surface area contributed by atoms with Crippen molar-refractivity contribution in [3.05, 3.63) is 64.7 Å². The Kier molecular flexibility index (Phi) is 4.98. The molecule has 3 N–H and O–H groups in total. The Bertz CT molecular complexity index is 753. The molecule has 4 rings (SSSR count). The van der Waals surface area contributed by atoms with E-state index in [9.17, 15) is 5.11 Å². The highest BCUT2D eigenvalue weighted by Crippen LogP contribution is 2.33. The molecule has 2 aromatic carbocycles. The lowest BCUT2D eigenvalue weighted by Crippen LogP contribution is -2.33. The van der Waals surface area contributed by atoms with Crippen molar-refractivity contribution in [3.8, 4) is 5.75 Å². The van der Waals surface area contributed by atoms with E-state index in [1.807, 2.05) is 19.1 Å². The summed E-state index contributed by atoms with van der Waals surface area (Å²) >= 11 is 0. The van der Waals surface area contributed by atoms with Gasteiger partial charge in [0.2, 0.25) is 0 Å². The molecule has 1 aliphatic carbocycles. The van der Waals surface area contributed by atoms with Crippen LogP contribution in [0, 0.1) is 5.92 Å². The van der Waals surface area contributed by atoms with E-state index >= 15 is 0 Å². The summed E-state index contributed by atoms with van der Waals surface area (Å²) in [4.78, 5) is 2.29. The summed E-state index contributed by atoms with van der Waals surface area (Å²) in [6.07, 6.45) is 2.10. The van der Waals surface area contributed by atoms with E-state index in [-0.39, 0.29) is 6.04 Å². The van der Waals surface area contributed by atoms with Gasteiger partial charge in [-0.1, -0.05) is 30.3 Å². The molecule has 1 fully saturated rings. The van der Waals surface area contributed by atoms with Gasteiger partial charge in [-0.25, -0.2) is 0 Å². The molecule has 0 bridgehead atoms. The van der Waals surface area contributed by atoms with Gasteiger partial charge in [0, 0.05) is 25.7 Å². The number of hydrogen-bond acceptors (Lipinski definition) is 4. The van der Waals surface area contributed by atoms with E-state index in [4.69, 9.17) is 10.5 Å². The molecule has 2 aromatic rings. The number of ether oxygens (including phenoxy) is 1. The maximum absolute atomic E-state index is 10.6. The predicted octanol–water partition coefficient (Wildman–Crippen LogP) is 3.54. The Labute approximate surface area is 155 Å². The third-order valence-electron chi connectivity index (χ3n) is 5.40. The monoisotopic (exact) mass is 352 g/mol. The number of rotatable bonds is 6. The minimum atomic E-state index is -0.466. The van der Waals surface area contributed by atoms with E-state index in [1.54, 1.807) is 0 Å². The first-order valence-corrected chi connectivity index (χ1v) is 9.59. The van der Waals surface area contributed by atoms with Crippen molar-refractivity contribution < 1.29 is 9.84 Å². The highest BCUT2D eigenvalue weighted by molar-refractivity contribution is 5.39. The number of nitrogens with two attached hydrogens (primary N) is 1. The molecule has 2 aliphatic rings. The number of aliphatic hydroxyl groups is 1. The number of hydrogen-bond donors (Lipinski definition) is 2. The van der Waals surface area contributed by atoms with E-state index in [0.29, 0.717) is 6.54 Å². The maximum atomic E-state index is 10.6. The summed E-state index contributed by atoms with van der Waals surface area (Å²) in [5.41, 5.74) is 10.5. The molecular weight excluding hydrogens is 324 g/mol. The summed E-state index contributed by atoms with van der Waals surface area (Å²) in [6.45, 7) is 5.13. The van der Waals surface area contributed by atoms with Gasteiger partial charge in [-0.2, -0.15) is 0 Å². The average Bonchev–Trinajstić information content (AvgIpc) is 3.45. The summed E-state index contributed by atoms with van der Waals surface area (Å²) in [6, 6.07) is 14.7. The fraction of sp³-hybridized carbons (Fsp3) is 0.455. The SMILES string of the molecule is C[C@H](N)c1ccc(CN2Cc3ccc(OCC4CC4)cc3C(O)C2)cc1. The number of aliphatic hydroxyl groups excluding tert-OH is 1. The van der Waals surface area contributed by atoms with Gasteiger partial charge in [0.15, 0.2) is 0 Å². The van der Waals surface area contributed by atoms with Crippen molar-refractivity contribution in [1.29, 1.82) is 0 Å². The highest BCUT2D eigenvalue weighted by Gasteiger charge is 2.25. The number of nitrogens with zero attached hydrogens (tertiary/aromatic N) is 1. The molecule has 1 heterocycles. The summed E-state index contributed by atoms with van der Waals surface area (Å²) in [5, 5.41) is 10.6. The van der Waals surface area contributed by atoms with Crippen LogP contribution in [-0.2, 0) is 13.1 Å². The largest absolute Gasteiger partial charge is 0.493 e. The minimum Gasteiger partial charge on any atom is -0.493 e. The van der Waals surface area contributed by atoms with Crippen LogP contribution in [-0.4, -0.2) is 23.2 Å². The predicted molar refractivity (Wildman–Crippen MR) is 103 cm³/mol. The second-order valence-corrected chi connectivity index (χ2v) is 7.83. The Morgan fingerprint density at radius 3 is 2.65 bits per heavy atom. The normalized spacial score (nSPS) is 21.3. The molecule has 0 aromatic heterocycles. The van der Waals surface area contributed by atoms with Gasteiger partial charge < -0.3 is 15.6 Å². The third-order valence-corrected chi connectivity index (χ3v) is 5.40. The quantitative estimate of drug-likeness (QED) is 0.835. The molecule has 1 unspecified atom stereocenters. The van der Waals surface area contributed by atoms with E-state index in [2.05, 4.69) is 35.2 Å². The Balaban J connectivity index is 1.42. The van der Waals surface area contributed by atoms with Crippen molar-refractivity contribution in [2.45, 2.75) is 45.0 Å². The zero-order chi connectivity index (χ0) is 18.1. The van der Waals surface area contributed by atoms with Crippen molar-refractivity contribution in [2.75, 3.05) is 13.2 Å². The summed E-state index contributed by atoms with van der Waals surface area (Å²) < 4.78 is 5.86. The fourth-order valence-electron chi connectivity index (χ4n) is 3.57. The molecule has 0 amide bonds. The van der Waals surface area contributed by atoms with Crippen molar-refractivity contribution in [3.63, 3.8) is 0 Å². The first-order chi connectivity index (χ1) is 12.6. The molecule has 4 heteroatoms. The highest BCUT2D eigenvalue weighted by atomic mass is 16.5. The molecule has 0 spiro atoms. The molecule has 0 saturated heterocycles. The Hall–Kier alpha value is -1.88. The van der Waals surface area contributed by atoms with Crippen LogP contribution in [0.4, 0.5) is 0 Å². The lowest BCUT2D eigenvalue weighted by molar-refractivity contribution is 0.0878. The lowest BCUT2D eigenvalue weighted by atomic mass is 9.96. The number of β-amino-alcohol motifs (C(OH)–C–C–N with tert-alkyl or cyclic N) is 1. The van der Waals surface area contributed by atoms with Crippen LogP contribution in [0.25, 0.3) is 0 Å².